The maximum atomic E-state index is 13.5. The van der Waals surface area contributed by atoms with Crippen LogP contribution < -0.4 is 5.32 Å². The second-order valence-electron chi connectivity index (χ2n) is 29.6. The minimum absolute atomic E-state index is 0.239. The van der Waals surface area contributed by atoms with Crippen molar-refractivity contribution in [1.82, 2.24) is 5.32 Å². The molecule has 17 unspecified atom stereocenters. The number of amides is 1. The highest BCUT2D eigenvalue weighted by Crippen LogP contribution is 2.33. The first-order valence-electron chi connectivity index (χ1n) is 41.4. The zero-order valence-corrected chi connectivity index (χ0v) is 63.4. The number of aliphatic hydroxyl groups excluding tert-OH is 11. The average molecular weight is 1440 g/mol. The number of allylic oxidation sites excluding steroid dienone is 7. The molecule has 0 aromatic rings. The maximum Gasteiger partial charge on any atom is 0.220 e. The fourth-order valence-corrected chi connectivity index (χ4v) is 13.9. The van der Waals surface area contributed by atoms with Gasteiger partial charge in [0.15, 0.2) is 18.9 Å². The van der Waals surface area contributed by atoms with E-state index in [1.54, 1.807) is 6.08 Å². The monoisotopic (exact) mass is 1440 g/mol. The Bertz CT molecular complexity index is 2010. The highest BCUT2D eigenvalue weighted by atomic mass is 16.8. The SMILES string of the molecule is CCCCCCC/C=C\C/C=C\CCCCCCCCCCCCCCCCCCCCCCCCCCCC(=O)NC(COC1OC(CO)C(OC2OC(CO)C(OC3OC(CO)C(O)C(O)C3O)C(O)C2O)C(O)C1O)C(O)/C=C/CC/C=C/CCCCCCCCCCCCCCC. The van der Waals surface area contributed by atoms with E-state index in [0.717, 1.165) is 44.9 Å². The van der Waals surface area contributed by atoms with Gasteiger partial charge in [-0.05, 0) is 64.2 Å². The predicted molar refractivity (Wildman–Crippen MR) is 402 cm³/mol. The molecule has 3 saturated heterocycles. The Morgan fingerprint density at radius 3 is 1.05 bits per heavy atom. The van der Waals surface area contributed by atoms with Crippen LogP contribution in [0.2, 0.25) is 0 Å². The van der Waals surface area contributed by atoms with Gasteiger partial charge in [-0.1, -0.05) is 313 Å². The molecule has 0 saturated carbocycles. The molecular weight excluding hydrogens is 1290 g/mol. The van der Waals surface area contributed by atoms with Crippen molar-refractivity contribution in [3.05, 3.63) is 48.6 Å². The molecule has 0 radical (unpaired) electrons. The number of carbonyl (C=O) groups excluding carboxylic acids is 1. The van der Waals surface area contributed by atoms with Crippen LogP contribution in [0.1, 0.15) is 335 Å². The van der Waals surface area contributed by atoms with Gasteiger partial charge in [0.25, 0.3) is 0 Å². The molecule has 3 aliphatic heterocycles. The third-order valence-electron chi connectivity index (χ3n) is 20.6. The molecule has 1 amide bonds. The van der Waals surface area contributed by atoms with Gasteiger partial charge in [-0.2, -0.15) is 0 Å². The molecule has 0 aliphatic carbocycles. The molecule has 17 atom stereocenters. The Hall–Kier alpha value is -2.25. The summed E-state index contributed by atoms with van der Waals surface area (Å²) in [5, 5.41) is 121. The highest BCUT2D eigenvalue weighted by Gasteiger charge is 2.54. The number of nitrogens with one attached hydrogen (secondary N) is 1. The van der Waals surface area contributed by atoms with Crippen LogP contribution in [-0.2, 0) is 33.2 Å². The lowest BCUT2D eigenvalue weighted by Crippen LogP contribution is -2.66. The molecule has 592 valence electrons. The van der Waals surface area contributed by atoms with Gasteiger partial charge in [0, 0.05) is 6.42 Å². The fraction of sp³-hybridized carbons (Fsp3) is 0.890. The van der Waals surface area contributed by atoms with Gasteiger partial charge in [-0.15, -0.1) is 0 Å². The number of aliphatic hydroxyl groups is 11. The smallest absolute Gasteiger partial charge is 0.220 e. The van der Waals surface area contributed by atoms with Gasteiger partial charge >= 0.3 is 0 Å². The van der Waals surface area contributed by atoms with Gasteiger partial charge in [0.05, 0.1) is 38.6 Å². The summed E-state index contributed by atoms with van der Waals surface area (Å²) in [6.45, 7) is 1.75. The standard InChI is InChI=1S/C82H151NO18/c1-3-5-7-9-11-13-15-17-19-21-23-24-25-26-27-28-29-30-31-32-33-34-35-36-37-38-39-40-42-44-46-48-50-52-54-56-58-60-70(88)83-65(66(87)59-57-55-53-51-49-47-45-43-41-22-20-18-16-14-12-10-8-6-4-2)64-96-80-76(94)73(91)78(68(62-85)98-80)101-82-77(95)74(92)79(69(63-86)99-82)100-81-75(93)72(90)71(89)67(61-84)97-81/h15,17,21,23,49,51,57,59,65-69,71-82,84-87,89-95H,3-14,16,18-20,22,24-48,50,52-56,58,60-64H2,1-2H3,(H,83,88)/b17-15-,23-21-,51-49+,59-57+. The summed E-state index contributed by atoms with van der Waals surface area (Å²) >= 11 is 0. The van der Waals surface area contributed by atoms with Gasteiger partial charge in [-0.25, -0.2) is 0 Å². The molecule has 0 bridgehead atoms. The van der Waals surface area contributed by atoms with Crippen LogP contribution in [0.15, 0.2) is 48.6 Å². The molecule has 0 aromatic heterocycles. The van der Waals surface area contributed by atoms with E-state index in [1.807, 2.05) is 6.08 Å². The van der Waals surface area contributed by atoms with E-state index >= 15 is 0 Å². The average Bonchev–Trinajstić information content (AvgIpc) is 0.789. The van der Waals surface area contributed by atoms with Crippen molar-refractivity contribution >= 4 is 5.91 Å². The van der Waals surface area contributed by atoms with E-state index in [0.29, 0.717) is 12.8 Å². The Morgan fingerprint density at radius 1 is 0.356 bits per heavy atom. The summed E-state index contributed by atoms with van der Waals surface area (Å²) < 4.78 is 34.4. The third kappa shape index (κ3) is 42.8. The third-order valence-corrected chi connectivity index (χ3v) is 20.6. The van der Waals surface area contributed by atoms with Crippen molar-refractivity contribution in [3.63, 3.8) is 0 Å². The van der Waals surface area contributed by atoms with E-state index in [9.17, 15) is 61.0 Å². The second-order valence-corrected chi connectivity index (χ2v) is 29.6. The maximum absolute atomic E-state index is 13.5. The van der Waals surface area contributed by atoms with Gasteiger partial charge in [-0.3, -0.25) is 4.79 Å². The summed E-state index contributed by atoms with van der Waals surface area (Å²) in [5.74, 6) is -0.279. The van der Waals surface area contributed by atoms with Gasteiger partial charge in [0.1, 0.15) is 73.2 Å². The molecule has 0 spiro atoms. The van der Waals surface area contributed by atoms with Crippen LogP contribution in [-0.4, -0.2) is 193 Å². The van der Waals surface area contributed by atoms with Crippen LogP contribution in [0.3, 0.4) is 0 Å². The Kier molecular flexibility index (Phi) is 57.8. The largest absolute Gasteiger partial charge is 0.394 e. The lowest BCUT2D eigenvalue weighted by molar-refractivity contribution is -0.379. The molecule has 3 rings (SSSR count). The minimum atomic E-state index is -1.98. The van der Waals surface area contributed by atoms with Crippen molar-refractivity contribution in [2.45, 2.75) is 439 Å². The molecule has 3 heterocycles. The zero-order valence-electron chi connectivity index (χ0n) is 63.4. The predicted octanol–water partition coefficient (Wildman–Crippen LogP) is 14.1. The molecule has 19 heteroatoms. The summed E-state index contributed by atoms with van der Waals surface area (Å²) in [7, 11) is 0. The van der Waals surface area contributed by atoms with Crippen LogP contribution in [0.4, 0.5) is 0 Å². The molecule has 101 heavy (non-hydrogen) atoms. The van der Waals surface area contributed by atoms with E-state index in [1.165, 1.54) is 257 Å². The summed E-state index contributed by atoms with van der Waals surface area (Å²) in [4.78, 5) is 13.5. The quantitative estimate of drug-likeness (QED) is 0.0199. The molecule has 3 fully saturated rings. The van der Waals surface area contributed by atoms with Crippen molar-refractivity contribution in [2.24, 2.45) is 0 Å². The first-order valence-corrected chi connectivity index (χ1v) is 41.4. The normalized spacial score (nSPS) is 26.5. The molecule has 19 nitrogen and oxygen atoms in total. The fourth-order valence-electron chi connectivity index (χ4n) is 13.9. The van der Waals surface area contributed by atoms with E-state index in [2.05, 4.69) is 55.6 Å². The Morgan fingerprint density at radius 2 is 0.663 bits per heavy atom. The number of rotatable bonds is 66. The molecule has 3 aliphatic rings. The second kappa shape index (κ2) is 62.8. The number of ether oxygens (including phenoxy) is 6. The van der Waals surface area contributed by atoms with Crippen molar-refractivity contribution in [1.29, 1.82) is 0 Å². The van der Waals surface area contributed by atoms with Gasteiger partial charge in [0.2, 0.25) is 5.91 Å². The topological polar surface area (TPSA) is 307 Å². The van der Waals surface area contributed by atoms with Crippen LogP contribution >= 0.6 is 0 Å². The lowest BCUT2D eigenvalue weighted by Gasteiger charge is -2.48. The lowest BCUT2D eigenvalue weighted by atomic mass is 9.96. The van der Waals surface area contributed by atoms with E-state index < -0.39 is 124 Å². The molecule has 12 N–H and O–H groups in total. The summed E-state index contributed by atoms with van der Waals surface area (Å²) in [6, 6.07) is -0.990. The Labute approximate surface area is 612 Å². The summed E-state index contributed by atoms with van der Waals surface area (Å²) in [5.41, 5.74) is 0. The number of unbranched alkanes of at least 4 members (excludes halogenated alkanes) is 44. The van der Waals surface area contributed by atoms with Crippen molar-refractivity contribution in [3.8, 4) is 0 Å². The zero-order chi connectivity index (χ0) is 73.2. The van der Waals surface area contributed by atoms with Crippen molar-refractivity contribution in [2.75, 3.05) is 26.4 Å². The van der Waals surface area contributed by atoms with Crippen LogP contribution in [0.5, 0.6) is 0 Å². The van der Waals surface area contributed by atoms with Crippen LogP contribution in [0, 0.1) is 0 Å². The Balaban J connectivity index is 1.32. The van der Waals surface area contributed by atoms with Crippen LogP contribution in [0.25, 0.3) is 0 Å². The first-order chi connectivity index (χ1) is 49.3. The van der Waals surface area contributed by atoms with E-state index in [4.69, 9.17) is 28.4 Å². The van der Waals surface area contributed by atoms with Crippen molar-refractivity contribution < 1.29 is 89.4 Å². The summed E-state index contributed by atoms with van der Waals surface area (Å²) in [6.07, 6.45) is 52.6. The minimum Gasteiger partial charge on any atom is -0.394 e. The molecular formula is C82H151NO18. The van der Waals surface area contributed by atoms with Gasteiger partial charge < -0.3 is 89.9 Å². The molecule has 0 aromatic carbocycles. The number of hydrogen-bond donors (Lipinski definition) is 12. The van der Waals surface area contributed by atoms with E-state index in [-0.39, 0.29) is 18.9 Å². The first kappa shape index (κ1) is 93.0. The highest BCUT2D eigenvalue weighted by molar-refractivity contribution is 5.76. The number of carbonyl (C=O) groups is 1. The number of hydrogen-bond acceptors (Lipinski definition) is 18.